The topological polar surface area (TPSA) is 69.0 Å². The molecule has 0 atom stereocenters. The molecular weight excluding hydrogens is 332 g/mol. The zero-order chi connectivity index (χ0) is 16.1. The zero-order valence-corrected chi connectivity index (χ0v) is 13.9. The first-order valence-corrected chi connectivity index (χ1v) is 8.62. The number of hydrogen-bond acceptors (Lipinski definition) is 6. The van der Waals surface area contributed by atoms with Gasteiger partial charge >= 0.3 is 0 Å². The lowest BCUT2D eigenvalue weighted by atomic mass is 10.3. The molecule has 0 aliphatic carbocycles. The highest BCUT2D eigenvalue weighted by Crippen LogP contribution is 2.22. The Labute approximate surface area is 141 Å². The number of carbonyl (C=O) groups is 1. The van der Waals surface area contributed by atoms with Crippen LogP contribution >= 0.6 is 23.1 Å². The van der Waals surface area contributed by atoms with E-state index in [1.165, 1.54) is 23.1 Å². The van der Waals surface area contributed by atoms with Crippen LogP contribution in [-0.2, 0) is 4.79 Å². The third-order valence-electron chi connectivity index (χ3n) is 2.97. The van der Waals surface area contributed by atoms with Gasteiger partial charge in [-0.1, -0.05) is 11.8 Å². The molecule has 2 heterocycles. The molecule has 3 rings (SSSR count). The minimum atomic E-state index is -0.103. The number of amides is 1. The summed E-state index contributed by atoms with van der Waals surface area (Å²) >= 11 is 2.77. The molecule has 0 saturated heterocycles. The summed E-state index contributed by atoms with van der Waals surface area (Å²) in [5.41, 5.74) is 0.964. The lowest BCUT2D eigenvalue weighted by molar-refractivity contribution is -0.113. The molecular formula is C15H14N4O2S2. The molecule has 0 unspecified atom stereocenters. The van der Waals surface area contributed by atoms with Crippen LogP contribution in [0, 0.1) is 0 Å². The van der Waals surface area contributed by atoms with Crippen molar-refractivity contribution in [1.82, 2.24) is 14.5 Å². The van der Waals surface area contributed by atoms with Gasteiger partial charge in [-0.25, -0.2) is 9.97 Å². The highest BCUT2D eigenvalue weighted by atomic mass is 32.2. The number of thioether (sulfide) groups is 1. The molecule has 1 aromatic carbocycles. The second-order valence-electron chi connectivity index (χ2n) is 4.45. The molecule has 1 amide bonds. The Bertz CT molecular complexity index is 769. The number of imidazole rings is 1. The van der Waals surface area contributed by atoms with Crippen molar-refractivity contribution in [2.45, 2.75) is 5.16 Å². The first-order valence-electron chi connectivity index (χ1n) is 6.76. The van der Waals surface area contributed by atoms with Crippen LogP contribution in [0.5, 0.6) is 5.75 Å². The number of nitrogens with one attached hydrogen (secondary N) is 1. The van der Waals surface area contributed by atoms with Gasteiger partial charge in [0.15, 0.2) is 10.3 Å². The van der Waals surface area contributed by atoms with Crippen molar-refractivity contribution in [3.8, 4) is 11.4 Å². The number of aromatic nitrogens is 3. The fourth-order valence-electron chi connectivity index (χ4n) is 1.91. The lowest BCUT2D eigenvalue weighted by Gasteiger charge is -2.08. The van der Waals surface area contributed by atoms with Gasteiger partial charge in [-0.2, -0.15) is 0 Å². The summed E-state index contributed by atoms with van der Waals surface area (Å²) in [6.07, 6.45) is 5.23. The van der Waals surface area contributed by atoms with Crippen molar-refractivity contribution in [2.75, 3.05) is 18.2 Å². The molecule has 0 saturated carbocycles. The third kappa shape index (κ3) is 3.91. The van der Waals surface area contributed by atoms with Crippen molar-refractivity contribution in [3.63, 3.8) is 0 Å². The van der Waals surface area contributed by atoms with E-state index >= 15 is 0 Å². The molecule has 0 aliphatic rings. The van der Waals surface area contributed by atoms with Gasteiger partial charge in [0, 0.05) is 29.7 Å². The molecule has 0 spiro atoms. The predicted octanol–water partition coefficient (Wildman–Crippen LogP) is 3.07. The Morgan fingerprint density at radius 3 is 2.83 bits per heavy atom. The number of rotatable bonds is 6. The van der Waals surface area contributed by atoms with E-state index in [0.29, 0.717) is 5.13 Å². The van der Waals surface area contributed by atoms with Crippen LogP contribution in [0.4, 0.5) is 5.13 Å². The number of ether oxygens (including phenoxy) is 1. The zero-order valence-electron chi connectivity index (χ0n) is 12.3. The molecule has 0 fully saturated rings. The molecule has 2 aromatic heterocycles. The Morgan fingerprint density at radius 1 is 1.30 bits per heavy atom. The number of anilines is 1. The number of hydrogen-bond donors (Lipinski definition) is 1. The number of methoxy groups -OCH3 is 1. The van der Waals surface area contributed by atoms with Crippen LogP contribution in [-0.4, -0.2) is 33.3 Å². The maximum absolute atomic E-state index is 11.9. The van der Waals surface area contributed by atoms with E-state index in [0.717, 1.165) is 16.6 Å². The fourth-order valence-corrected chi connectivity index (χ4v) is 3.22. The SMILES string of the molecule is COc1ccc(-n2ccnc2SCC(=O)Nc2nccs2)cc1. The van der Waals surface area contributed by atoms with E-state index in [2.05, 4.69) is 15.3 Å². The average Bonchev–Trinajstić information content (AvgIpc) is 3.24. The lowest BCUT2D eigenvalue weighted by Crippen LogP contribution is -2.14. The number of carbonyl (C=O) groups excluding carboxylic acids is 1. The van der Waals surface area contributed by atoms with Gasteiger partial charge in [0.05, 0.1) is 12.9 Å². The number of nitrogens with zero attached hydrogens (tertiary/aromatic N) is 3. The van der Waals surface area contributed by atoms with E-state index in [9.17, 15) is 4.79 Å². The number of benzene rings is 1. The Balaban J connectivity index is 1.65. The summed E-state index contributed by atoms with van der Waals surface area (Å²) < 4.78 is 7.09. The monoisotopic (exact) mass is 346 g/mol. The average molecular weight is 346 g/mol. The Kier molecular flexibility index (Phi) is 4.94. The summed E-state index contributed by atoms with van der Waals surface area (Å²) in [5.74, 6) is 0.965. The summed E-state index contributed by atoms with van der Waals surface area (Å²) in [6, 6.07) is 7.67. The molecule has 23 heavy (non-hydrogen) atoms. The molecule has 0 aliphatic heterocycles. The van der Waals surface area contributed by atoms with E-state index < -0.39 is 0 Å². The molecule has 8 heteroatoms. The van der Waals surface area contributed by atoms with Crippen LogP contribution in [0.15, 0.2) is 53.4 Å². The molecule has 118 valence electrons. The molecule has 3 aromatic rings. The van der Waals surface area contributed by atoms with Gasteiger partial charge in [0.1, 0.15) is 5.75 Å². The van der Waals surface area contributed by atoms with Gasteiger partial charge < -0.3 is 10.1 Å². The van der Waals surface area contributed by atoms with E-state index in [1.54, 1.807) is 19.5 Å². The third-order valence-corrected chi connectivity index (χ3v) is 4.62. The largest absolute Gasteiger partial charge is 0.497 e. The van der Waals surface area contributed by atoms with Gasteiger partial charge in [0.25, 0.3) is 0 Å². The molecule has 0 radical (unpaired) electrons. The highest BCUT2D eigenvalue weighted by molar-refractivity contribution is 7.99. The quantitative estimate of drug-likeness (QED) is 0.695. The van der Waals surface area contributed by atoms with Gasteiger partial charge in [0.2, 0.25) is 5.91 Å². The smallest absolute Gasteiger partial charge is 0.236 e. The minimum Gasteiger partial charge on any atom is -0.497 e. The van der Waals surface area contributed by atoms with E-state index in [1.807, 2.05) is 40.4 Å². The van der Waals surface area contributed by atoms with Crippen LogP contribution in [0.2, 0.25) is 0 Å². The minimum absolute atomic E-state index is 0.103. The predicted molar refractivity (Wildman–Crippen MR) is 91.6 cm³/mol. The standard InChI is InChI=1S/C15H14N4O2S2/c1-21-12-4-2-11(3-5-12)19-8-6-17-15(19)23-10-13(20)18-14-16-7-9-22-14/h2-9H,10H2,1H3,(H,16,18,20). The summed E-state index contributed by atoms with van der Waals surface area (Å²) in [7, 11) is 1.63. The first-order chi connectivity index (χ1) is 11.3. The fraction of sp³-hybridized carbons (Fsp3) is 0.133. The normalized spacial score (nSPS) is 10.5. The van der Waals surface area contributed by atoms with Crippen LogP contribution < -0.4 is 10.1 Å². The maximum Gasteiger partial charge on any atom is 0.236 e. The highest BCUT2D eigenvalue weighted by Gasteiger charge is 2.10. The Hall–Kier alpha value is -2.32. The van der Waals surface area contributed by atoms with Gasteiger partial charge in [-0.05, 0) is 24.3 Å². The van der Waals surface area contributed by atoms with Crippen molar-refractivity contribution in [1.29, 1.82) is 0 Å². The van der Waals surface area contributed by atoms with Crippen molar-refractivity contribution >= 4 is 34.1 Å². The first kappa shape index (κ1) is 15.6. The molecule has 0 bridgehead atoms. The van der Waals surface area contributed by atoms with Crippen molar-refractivity contribution in [2.24, 2.45) is 0 Å². The van der Waals surface area contributed by atoms with Crippen molar-refractivity contribution < 1.29 is 9.53 Å². The molecule has 1 N–H and O–H groups in total. The van der Waals surface area contributed by atoms with E-state index in [4.69, 9.17) is 4.74 Å². The van der Waals surface area contributed by atoms with Crippen LogP contribution in [0.3, 0.4) is 0 Å². The van der Waals surface area contributed by atoms with E-state index in [-0.39, 0.29) is 11.7 Å². The summed E-state index contributed by atoms with van der Waals surface area (Å²) in [5, 5.41) is 5.93. The van der Waals surface area contributed by atoms with Crippen LogP contribution in [0.1, 0.15) is 0 Å². The second-order valence-corrected chi connectivity index (χ2v) is 6.29. The van der Waals surface area contributed by atoms with Crippen LogP contribution in [0.25, 0.3) is 5.69 Å². The molecule has 6 nitrogen and oxygen atoms in total. The second kappa shape index (κ2) is 7.30. The Morgan fingerprint density at radius 2 is 2.13 bits per heavy atom. The van der Waals surface area contributed by atoms with Crippen molar-refractivity contribution in [3.05, 3.63) is 48.2 Å². The summed E-state index contributed by atoms with van der Waals surface area (Å²) in [6.45, 7) is 0. The van der Waals surface area contributed by atoms with Gasteiger partial charge in [-0.3, -0.25) is 9.36 Å². The summed E-state index contributed by atoms with van der Waals surface area (Å²) in [4.78, 5) is 20.3. The maximum atomic E-state index is 11.9. The van der Waals surface area contributed by atoms with Gasteiger partial charge in [-0.15, -0.1) is 11.3 Å². The number of thiazole rings is 1.